The van der Waals surface area contributed by atoms with Crippen molar-refractivity contribution < 1.29 is 23.4 Å². The Balaban J connectivity index is 2.61. The van der Waals surface area contributed by atoms with Crippen molar-refractivity contribution in [2.24, 2.45) is 5.92 Å². The van der Waals surface area contributed by atoms with E-state index >= 15 is 0 Å². The number of hydrogen-bond donors (Lipinski definition) is 1. The molecule has 2 unspecified atom stereocenters. The molecule has 0 bridgehead atoms. The average molecular weight is 454 g/mol. The number of esters is 1. The number of aromatic nitrogens is 1. The first-order valence-corrected chi connectivity index (χ1v) is 12.3. The molecule has 2 rings (SSSR count). The molecule has 0 radical (unpaired) electrons. The fourth-order valence-corrected chi connectivity index (χ4v) is 5.53. The van der Waals surface area contributed by atoms with Crippen molar-refractivity contribution in [1.82, 2.24) is 14.3 Å². The Bertz CT molecular complexity index is 925. The first-order chi connectivity index (χ1) is 14.7. The Labute approximate surface area is 185 Å². The number of fused-ring (bicyclic) bond motifs is 1. The summed E-state index contributed by atoms with van der Waals surface area (Å²) in [7, 11) is 1.96. The third-order valence-corrected chi connectivity index (χ3v) is 7.11. The number of ether oxygens (including phenoxy) is 2. The summed E-state index contributed by atoms with van der Waals surface area (Å²) < 4.78 is 32.2. The van der Waals surface area contributed by atoms with Crippen molar-refractivity contribution >= 4 is 24.5 Å². The highest BCUT2D eigenvalue weighted by Gasteiger charge is 2.36. The monoisotopic (exact) mass is 453 g/mol. The van der Waals surface area contributed by atoms with Gasteiger partial charge in [-0.3, -0.25) is 9.13 Å². The summed E-state index contributed by atoms with van der Waals surface area (Å²) in [4.78, 5) is 14.6. The average Bonchev–Trinajstić information content (AvgIpc) is 3.09. The van der Waals surface area contributed by atoms with Crippen LogP contribution in [0.3, 0.4) is 0 Å². The Morgan fingerprint density at radius 2 is 1.94 bits per heavy atom. The van der Waals surface area contributed by atoms with E-state index < -0.39 is 19.7 Å². The number of nitrogens with one attached hydrogen (secondary N) is 1. The highest BCUT2D eigenvalue weighted by atomic mass is 31.2. The van der Waals surface area contributed by atoms with Crippen molar-refractivity contribution in [3.8, 4) is 5.75 Å². The predicted molar refractivity (Wildman–Crippen MR) is 124 cm³/mol. The lowest BCUT2D eigenvalue weighted by molar-refractivity contribution is -0.146. The van der Waals surface area contributed by atoms with E-state index in [0.717, 1.165) is 29.4 Å². The summed E-state index contributed by atoms with van der Waals surface area (Å²) in [5.74, 6) is 0.0663. The summed E-state index contributed by atoms with van der Waals surface area (Å²) in [6.07, 6.45) is 2.64. The smallest absolute Gasteiger partial charge is 0.373 e. The van der Waals surface area contributed by atoms with E-state index in [-0.39, 0.29) is 19.1 Å². The van der Waals surface area contributed by atoms with E-state index in [4.69, 9.17) is 14.0 Å². The number of benzene rings is 1. The van der Waals surface area contributed by atoms with Gasteiger partial charge in [0.25, 0.3) is 0 Å². The summed E-state index contributed by atoms with van der Waals surface area (Å²) in [5.41, 5.74) is 1.77. The van der Waals surface area contributed by atoms with Crippen LogP contribution in [0.4, 0.5) is 0 Å². The van der Waals surface area contributed by atoms with Gasteiger partial charge in [0.05, 0.1) is 25.8 Å². The molecule has 1 N–H and O–H groups in total. The van der Waals surface area contributed by atoms with E-state index in [0.29, 0.717) is 5.75 Å². The number of rotatable bonds is 12. The SMILES string of the molecule is CCOC(=O)C(NP(=O)(OCC)n1cc(CCN(C)C)c2ccc(OC)cc21)C(C)C. The molecular formula is C22H36N3O5P. The number of hydrogen-bond acceptors (Lipinski definition) is 6. The fraction of sp³-hybridized carbons (Fsp3) is 0.591. The molecule has 1 aromatic heterocycles. The van der Waals surface area contributed by atoms with Gasteiger partial charge in [-0.25, -0.2) is 9.65 Å². The van der Waals surface area contributed by atoms with Crippen molar-refractivity contribution in [2.75, 3.05) is 41.0 Å². The highest BCUT2D eigenvalue weighted by molar-refractivity contribution is 7.55. The van der Waals surface area contributed by atoms with Crippen LogP contribution in [0.1, 0.15) is 33.3 Å². The number of nitrogens with zero attached hydrogens (tertiary/aromatic N) is 2. The second-order valence-corrected chi connectivity index (χ2v) is 9.96. The lowest BCUT2D eigenvalue weighted by Gasteiger charge is -2.27. The molecule has 0 amide bonds. The quantitative estimate of drug-likeness (QED) is 0.385. The van der Waals surface area contributed by atoms with Crippen molar-refractivity contribution in [3.63, 3.8) is 0 Å². The normalized spacial score (nSPS) is 14.7. The number of methoxy groups -OCH3 is 1. The van der Waals surface area contributed by atoms with E-state index in [1.54, 1.807) is 25.3 Å². The van der Waals surface area contributed by atoms with Gasteiger partial charge in [-0.1, -0.05) is 13.8 Å². The Kier molecular flexibility index (Phi) is 9.13. The molecule has 0 spiro atoms. The van der Waals surface area contributed by atoms with Crippen LogP contribution in [0.5, 0.6) is 5.75 Å². The van der Waals surface area contributed by atoms with Crippen LogP contribution in [0.2, 0.25) is 0 Å². The van der Waals surface area contributed by atoms with Gasteiger partial charge in [0.1, 0.15) is 11.8 Å². The van der Waals surface area contributed by atoms with Gasteiger partial charge >= 0.3 is 13.6 Å². The maximum atomic E-state index is 14.2. The van der Waals surface area contributed by atoms with Gasteiger partial charge in [-0.15, -0.1) is 0 Å². The maximum Gasteiger partial charge on any atom is 0.373 e. The zero-order chi connectivity index (χ0) is 23.2. The molecule has 9 heteroatoms. The fourth-order valence-electron chi connectivity index (χ4n) is 3.37. The van der Waals surface area contributed by atoms with E-state index in [1.165, 1.54) is 0 Å². The zero-order valence-electron chi connectivity index (χ0n) is 19.7. The van der Waals surface area contributed by atoms with Gasteiger partial charge in [-0.2, -0.15) is 0 Å². The molecule has 2 atom stereocenters. The standard InChI is InChI=1S/C22H36N3O5P/c1-8-29-22(26)21(16(3)4)23-31(27,30-9-2)25-15-17(12-13-24(5)6)19-11-10-18(28-7)14-20(19)25/h10-11,14-16,21H,8-9,12-13H2,1-7H3,(H,23,27). The third kappa shape index (κ3) is 6.10. The number of likely N-dealkylation sites (N-methyl/N-ethyl adjacent to an activating group) is 1. The largest absolute Gasteiger partial charge is 0.497 e. The van der Waals surface area contributed by atoms with Gasteiger partial charge < -0.3 is 18.9 Å². The molecule has 0 aliphatic carbocycles. The Morgan fingerprint density at radius 3 is 2.48 bits per heavy atom. The topological polar surface area (TPSA) is 82.0 Å². The minimum Gasteiger partial charge on any atom is -0.497 e. The van der Waals surface area contributed by atoms with Gasteiger partial charge in [0.2, 0.25) is 0 Å². The van der Waals surface area contributed by atoms with Gasteiger partial charge in [0.15, 0.2) is 0 Å². The molecule has 1 heterocycles. The summed E-state index contributed by atoms with van der Waals surface area (Å²) in [6.45, 7) is 8.60. The van der Waals surface area contributed by atoms with Crippen LogP contribution >= 0.6 is 7.67 Å². The maximum absolute atomic E-state index is 14.2. The van der Waals surface area contributed by atoms with Crippen molar-refractivity contribution in [1.29, 1.82) is 0 Å². The third-order valence-electron chi connectivity index (χ3n) is 5.00. The molecule has 0 aliphatic heterocycles. The Hall–Kier alpha value is -1.86. The van der Waals surface area contributed by atoms with Gasteiger partial charge in [0, 0.05) is 24.2 Å². The van der Waals surface area contributed by atoms with Crippen LogP contribution in [-0.4, -0.2) is 62.2 Å². The summed E-state index contributed by atoms with van der Waals surface area (Å²) in [5, 5.41) is 3.98. The van der Waals surface area contributed by atoms with Crippen LogP contribution < -0.4 is 9.82 Å². The van der Waals surface area contributed by atoms with Crippen molar-refractivity contribution in [2.45, 2.75) is 40.2 Å². The minimum atomic E-state index is -3.67. The molecule has 0 saturated carbocycles. The Morgan fingerprint density at radius 1 is 1.23 bits per heavy atom. The number of carbonyl (C=O) groups is 1. The number of carbonyl (C=O) groups excluding carboxylic acids is 1. The minimum absolute atomic E-state index is 0.141. The summed E-state index contributed by atoms with van der Waals surface area (Å²) >= 11 is 0. The van der Waals surface area contributed by atoms with Crippen LogP contribution in [0.25, 0.3) is 10.9 Å². The van der Waals surface area contributed by atoms with E-state index in [9.17, 15) is 9.36 Å². The molecule has 174 valence electrons. The molecule has 1 aromatic carbocycles. The molecule has 31 heavy (non-hydrogen) atoms. The van der Waals surface area contributed by atoms with Crippen LogP contribution in [-0.2, 0) is 25.0 Å². The zero-order valence-corrected chi connectivity index (χ0v) is 20.6. The molecule has 0 aliphatic rings. The summed E-state index contributed by atoms with van der Waals surface area (Å²) in [6, 6.07) is 4.93. The lowest BCUT2D eigenvalue weighted by atomic mass is 10.1. The molecule has 0 saturated heterocycles. The highest BCUT2D eigenvalue weighted by Crippen LogP contribution is 2.49. The predicted octanol–water partition coefficient (Wildman–Crippen LogP) is 3.92. The lowest BCUT2D eigenvalue weighted by Crippen LogP contribution is -2.41. The van der Waals surface area contributed by atoms with Crippen LogP contribution in [0, 0.1) is 5.92 Å². The second-order valence-electron chi connectivity index (χ2n) is 7.98. The van der Waals surface area contributed by atoms with E-state index in [1.807, 2.05) is 52.3 Å². The first-order valence-electron chi connectivity index (χ1n) is 10.7. The first kappa shape index (κ1) is 25.4. The molecule has 2 aromatic rings. The van der Waals surface area contributed by atoms with Crippen molar-refractivity contribution in [3.05, 3.63) is 30.0 Å². The second kappa shape index (κ2) is 11.1. The van der Waals surface area contributed by atoms with Crippen LogP contribution in [0.15, 0.2) is 24.4 Å². The molecular weight excluding hydrogens is 417 g/mol. The van der Waals surface area contributed by atoms with E-state index in [2.05, 4.69) is 9.99 Å². The molecule has 0 fully saturated rings. The molecule has 8 nitrogen and oxygen atoms in total. The van der Waals surface area contributed by atoms with Gasteiger partial charge in [-0.05, 0) is 58.0 Å².